The van der Waals surface area contributed by atoms with E-state index in [0.717, 1.165) is 24.2 Å². The minimum absolute atomic E-state index is 0.357. The van der Waals surface area contributed by atoms with Gasteiger partial charge in [0.2, 0.25) is 0 Å². The first-order valence-electron chi connectivity index (χ1n) is 6.04. The lowest BCUT2D eigenvalue weighted by Gasteiger charge is -2.35. The van der Waals surface area contributed by atoms with Gasteiger partial charge in [-0.25, -0.2) is 0 Å². The van der Waals surface area contributed by atoms with E-state index < -0.39 is 0 Å². The maximum absolute atomic E-state index is 5.33. The van der Waals surface area contributed by atoms with Crippen molar-refractivity contribution in [3.63, 3.8) is 0 Å². The predicted octanol–water partition coefficient (Wildman–Crippen LogP) is 2.96. The quantitative estimate of drug-likeness (QED) is 0.864. The van der Waals surface area contributed by atoms with Gasteiger partial charge in [0.05, 0.1) is 6.10 Å². The molecule has 1 saturated carbocycles. The number of aromatic amines is 1. The van der Waals surface area contributed by atoms with Crippen LogP contribution in [0.1, 0.15) is 18.9 Å². The van der Waals surface area contributed by atoms with E-state index in [1.54, 1.807) is 7.11 Å². The van der Waals surface area contributed by atoms with Crippen LogP contribution in [0, 0.1) is 4.77 Å². The van der Waals surface area contributed by atoms with E-state index in [9.17, 15) is 0 Å². The van der Waals surface area contributed by atoms with E-state index in [1.807, 2.05) is 30.3 Å². The summed E-state index contributed by atoms with van der Waals surface area (Å²) in [5.41, 5.74) is 1.09. The Balaban J connectivity index is 1.96. The van der Waals surface area contributed by atoms with Gasteiger partial charge >= 0.3 is 0 Å². The lowest BCUT2D eigenvalue weighted by atomic mass is 9.89. The highest BCUT2D eigenvalue weighted by atomic mass is 32.1. The first kappa shape index (κ1) is 11.6. The number of ether oxygens (including phenoxy) is 1. The number of methoxy groups -OCH3 is 1. The topological polar surface area (TPSA) is 42.8 Å². The van der Waals surface area contributed by atoms with Crippen LogP contribution in [0.2, 0.25) is 0 Å². The number of H-pyrrole nitrogens is 1. The zero-order valence-electron chi connectivity index (χ0n) is 10.2. The molecule has 0 radical (unpaired) electrons. The summed E-state index contributed by atoms with van der Waals surface area (Å²) in [6, 6.07) is 10.5. The summed E-state index contributed by atoms with van der Waals surface area (Å²) < 4.78 is 8.12. The normalized spacial score (nSPS) is 22.7. The lowest BCUT2D eigenvalue weighted by molar-refractivity contribution is 0.00619. The Morgan fingerprint density at radius 1 is 1.33 bits per heavy atom. The molecular weight excluding hydrogens is 246 g/mol. The molecule has 0 amide bonds. The fourth-order valence-electron chi connectivity index (χ4n) is 2.38. The number of aromatic nitrogens is 3. The van der Waals surface area contributed by atoms with Crippen LogP contribution < -0.4 is 0 Å². The Labute approximate surface area is 111 Å². The molecule has 1 fully saturated rings. The Bertz CT molecular complexity index is 584. The molecule has 0 saturated heterocycles. The molecule has 0 unspecified atom stereocenters. The molecule has 2 aromatic rings. The van der Waals surface area contributed by atoms with Crippen molar-refractivity contribution < 1.29 is 4.74 Å². The first-order chi connectivity index (χ1) is 8.79. The Morgan fingerprint density at radius 3 is 2.72 bits per heavy atom. The number of hydrogen-bond donors (Lipinski definition) is 1. The second-order valence-corrected chi connectivity index (χ2v) is 4.96. The summed E-state index contributed by atoms with van der Waals surface area (Å²) in [5, 5.41) is 7.24. The first-order valence-corrected chi connectivity index (χ1v) is 6.45. The predicted molar refractivity (Wildman–Crippen MR) is 71.9 cm³/mol. The second-order valence-electron chi connectivity index (χ2n) is 4.57. The molecule has 4 nitrogen and oxygen atoms in total. The third kappa shape index (κ3) is 1.89. The van der Waals surface area contributed by atoms with Gasteiger partial charge in [0.1, 0.15) is 0 Å². The van der Waals surface area contributed by atoms with Gasteiger partial charge in [0.25, 0.3) is 0 Å². The van der Waals surface area contributed by atoms with Crippen LogP contribution in [0.25, 0.3) is 11.4 Å². The van der Waals surface area contributed by atoms with Crippen LogP contribution >= 0.6 is 12.2 Å². The highest BCUT2D eigenvalue weighted by Crippen LogP contribution is 2.36. The van der Waals surface area contributed by atoms with Crippen molar-refractivity contribution in [2.24, 2.45) is 0 Å². The minimum atomic E-state index is 0.357. The summed E-state index contributed by atoms with van der Waals surface area (Å²) in [6.07, 6.45) is 2.37. The van der Waals surface area contributed by atoms with Crippen molar-refractivity contribution in [3.8, 4) is 11.4 Å². The number of nitrogens with zero attached hydrogens (tertiary/aromatic N) is 2. The molecule has 0 aliphatic heterocycles. The third-order valence-corrected chi connectivity index (χ3v) is 3.79. The number of benzene rings is 1. The van der Waals surface area contributed by atoms with Crippen molar-refractivity contribution in [1.82, 2.24) is 14.8 Å². The van der Waals surface area contributed by atoms with Crippen molar-refractivity contribution in [2.75, 3.05) is 7.11 Å². The Morgan fingerprint density at radius 2 is 2.06 bits per heavy atom. The third-order valence-electron chi connectivity index (χ3n) is 3.50. The lowest BCUT2D eigenvalue weighted by Crippen LogP contribution is -2.32. The van der Waals surface area contributed by atoms with E-state index in [0.29, 0.717) is 16.9 Å². The van der Waals surface area contributed by atoms with Gasteiger partial charge in [0, 0.05) is 18.7 Å². The van der Waals surface area contributed by atoms with Crippen LogP contribution in [0.5, 0.6) is 0 Å². The molecule has 0 spiro atoms. The van der Waals surface area contributed by atoms with Gasteiger partial charge < -0.3 is 4.74 Å². The molecule has 3 rings (SSSR count). The fourth-order valence-corrected chi connectivity index (χ4v) is 2.66. The molecule has 0 bridgehead atoms. The largest absolute Gasteiger partial charge is 0.381 e. The molecule has 18 heavy (non-hydrogen) atoms. The van der Waals surface area contributed by atoms with Gasteiger partial charge in [-0.05, 0) is 25.1 Å². The molecule has 1 aliphatic rings. The van der Waals surface area contributed by atoms with Crippen molar-refractivity contribution >= 4 is 12.2 Å². The summed E-state index contributed by atoms with van der Waals surface area (Å²) >= 11 is 5.33. The highest BCUT2D eigenvalue weighted by Gasteiger charge is 2.32. The molecule has 1 aromatic heterocycles. The number of nitrogens with one attached hydrogen (secondary N) is 1. The van der Waals surface area contributed by atoms with Gasteiger partial charge in [0.15, 0.2) is 10.6 Å². The zero-order chi connectivity index (χ0) is 12.5. The molecular formula is C13H15N3OS. The Hall–Kier alpha value is -1.46. The second kappa shape index (κ2) is 4.66. The van der Waals surface area contributed by atoms with Crippen molar-refractivity contribution in [3.05, 3.63) is 35.1 Å². The fraction of sp³-hybridized carbons (Fsp3) is 0.385. The maximum Gasteiger partial charge on any atom is 0.195 e. The number of hydrogen-bond acceptors (Lipinski definition) is 3. The van der Waals surface area contributed by atoms with Crippen LogP contribution in [-0.4, -0.2) is 28.0 Å². The van der Waals surface area contributed by atoms with E-state index >= 15 is 0 Å². The highest BCUT2D eigenvalue weighted by molar-refractivity contribution is 7.71. The molecule has 1 aliphatic carbocycles. The summed E-state index contributed by atoms with van der Waals surface area (Å²) in [4.78, 5) is 0. The minimum Gasteiger partial charge on any atom is -0.381 e. The summed E-state index contributed by atoms with van der Waals surface area (Å²) in [7, 11) is 1.76. The monoisotopic (exact) mass is 261 g/mol. The Kier molecular flexibility index (Phi) is 3.01. The van der Waals surface area contributed by atoms with Gasteiger partial charge in [-0.3, -0.25) is 9.67 Å². The van der Waals surface area contributed by atoms with Gasteiger partial charge in [-0.1, -0.05) is 30.3 Å². The van der Waals surface area contributed by atoms with Crippen LogP contribution in [-0.2, 0) is 4.74 Å². The van der Waals surface area contributed by atoms with Crippen LogP contribution in [0.15, 0.2) is 30.3 Å². The molecule has 0 atom stereocenters. The maximum atomic E-state index is 5.33. The molecule has 5 heteroatoms. The van der Waals surface area contributed by atoms with Crippen LogP contribution in [0.3, 0.4) is 0 Å². The van der Waals surface area contributed by atoms with E-state index in [4.69, 9.17) is 17.0 Å². The summed E-state index contributed by atoms with van der Waals surface area (Å²) in [5.74, 6) is 0.917. The van der Waals surface area contributed by atoms with Crippen LogP contribution in [0.4, 0.5) is 0 Å². The standard InChI is InChI=1S/C13H15N3OS/c1-17-11-7-10(8-11)16-12(14-15-13(16)18)9-5-3-2-4-6-9/h2-6,10-11H,7-8H2,1H3,(H,15,18). The van der Waals surface area contributed by atoms with Crippen molar-refractivity contribution in [2.45, 2.75) is 25.0 Å². The molecule has 1 N–H and O–H groups in total. The van der Waals surface area contributed by atoms with E-state index in [1.165, 1.54) is 0 Å². The van der Waals surface area contributed by atoms with E-state index in [2.05, 4.69) is 14.8 Å². The molecule has 94 valence electrons. The van der Waals surface area contributed by atoms with Crippen molar-refractivity contribution in [1.29, 1.82) is 0 Å². The zero-order valence-corrected chi connectivity index (χ0v) is 11.0. The van der Waals surface area contributed by atoms with Gasteiger partial charge in [-0.2, -0.15) is 5.10 Å². The average molecular weight is 261 g/mol. The average Bonchev–Trinajstić information content (AvgIpc) is 2.72. The smallest absolute Gasteiger partial charge is 0.195 e. The summed E-state index contributed by atoms with van der Waals surface area (Å²) in [6.45, 7) is 0. The molecule has 1 aromatic carbocycles. The van der Waals surface area contributed by atoms with E-state index in [-0.39, 0.29) is 0 Å². The van der Waals surface area contributed by atoms with Gasteiger partial charge in [-0.15, -0.1) is 0 Å². The molecule has 1 heterocycles. The SMILES string of the molecule is COC1CC(n2c(-c3ccccc3)n[nH]c2=S)C1. The number of rotatable bonds is 3.